The first-order valence-corrected chi connectivity index (χ1v) is 24.3. The summed E-state index contributed by atoms with van der Waals surface area (Å²) in [6.07, 6.45) is 7.02. The number of benzene rings is 2. The number of unbranched alkanes of at least 4 members (excludes halogenated alkanes) is 1. The Morgan fingerprint density at radius 2 is 1.61 bits per heavy atom. The summed E-state index contributed by atoms with van der Waals surface area (Å²) < 4.78 is 44.7. The largest absolute Gasteiger partial charge is 0.482 e. The van der Waals surface area contributed by atoms with Crippen molar-refractivity contribution in [3.63, 3.8) is 0 Å². The Hall–Kier alpha value is -5.42. The van der Waals surface area contributed by atoms with Crippen molar-refractivity contribution in [2.24, 2.45) is 11.8 Å². The van der Waals surface area contributed by atoms with Gasteiger partial charge in [0, 0.05) is 35.0 Å². The van der Waals surface area contributed by atoms with Crippen LogP contribution in [0, 0.1) is 11.8 Å². The molecule has 0 radical (unpaired) electrons. The van der Waals surface area contributed by atoms with Crippen LogP contribution in [0.25, 0.3) is 6.08 Å². The number of carbonyl (C=O) groups excluding carboxylic acids is 4. The van der Waals surface area contributed by atoms with Crippen molar-refractivity contribution in [2.75, 3.05) is 13.2 Å². The molecule has 4 bridgehead atoms. The van der Waals surface area contributed by atoms with Gasteiger partial charge in [-0.15, -0.1) is 0 Å². The second kappa shape index (κ2) is 19.3. The number of allylic oxidation sites excluding steroid dienone is 5. The van der Waals surface area contributed by atoms with Gasteiger partial charge in [-0.3, -0.25) is 9.59 Å². The van der Waals surface area contributed by atoms with Crippen molar-refractivity contribution in [3.8, 4) is 23.0 Å². The molecule has 70 heavy (non-hydrogen) atoms. The van der Waals surface area contributed by atoms with Gasteiger partial charge in [-0.1, -0.05) is 48.8 Å². The summed E-state index contributed by atoms with van der Waals surface area (Å²) in [6.45, 7) is 17.0. The van der Waals surface area contributed by atoms with E-state index in [4.69, 9.17) is 33.2 Å². The van der Waals surface area contributed by atoms with Crippen LogP contribution >= 0.6 is 0 Å². The molecule has 0 amide bonds. The molecule has 2 aromatic rings. The third kappa shape index (κ3) is 8.76. The number of ether oxygens (including phenoxy) is 7. The van der Waals surface area contributed by atoms with Crippen LogP contribution < -0.4 is 18.9 Å². The third-order valence-corrected chi connectivity index (χ3v) is 14.6. The molecule has 7 aliphatic rings. The van der Waals surface area contributed by atoms with Gasteiger partial charge in [-0.25, -0.2) is 9.59 Å². The number of ketones is 2. The second-order valence-corrected chi connectivity index (χ2v) is 20.7. The van der Waals surface area contributed by atoms with Gasteiger partial charge in [0.05, 0.1) is 29.9 Å². The molecule has 1 spiro atoms. The maximum absolute atomic E-state index is 15.8. The molecule has 15 heteroatoms. The van der Waals surface area contributed by atoms with Crippen LogP contribution in [0.5, 0.6) is 23.0 Å². The maximum Gasteiger partial charge on any atom is 0.343 e. The zero-order valence-electron chi connectivity index (χ0n) is 41.5. The molecule has 15 nitrogen and oxygen atoms in total. The van der Waals surface area contributed by atoms with E-state index in [0.717, 1.165) is 17.6 Å². The molecule has 3 aliphatic carbocycles. The first-order chi connectivity index (χ1) is 33.1. The number of aliphatic hydroxyl groups excluding tert-OH is 4. The minimum Gasteiger partial charge on any atom is -0.482 e. The Bertz CT molecular complexity index is 2590. The van der Waals surface area contributed by atoms with E-state index in [9.17, 15) is 34.8 Å². The molecule has 4 heterocycles. The number of hydrogen-bond acceptors (Lipinski definition) is 15. The predicted octanol–water partition coefficient (Wildman–Crippen LogP) is 7.19. The molecule has 4 N–H and O–H groups in total. The van der Waals surface area contributed by atoms with Crippen LogP contribution in [0.3, 0.4) is 0 Å². The van der Waals surface area contributed by atoms with Crippen LogP contribution in [0.4, 0.5) is 0 Å². The molecular formula is C55H66O15. The Labute approximate surface area is 408 Å². The fraction of sp³-hybridized carbons (Fsp3) is 0.527. The molecule has 2 saturated heterocycles. The smallest absolute Gasteiger partial charge is 0.343 e. The number of hydrogen-bond donors (Lipinski definition) is 4. The minimum absolute atomic E-state index is 0.0105. The third-order valence-electron chi connectivity index (χ3n) is 14.6. The lowest BCUT2D eigenvalue weighted by molar-refractivity contribution is -0.277. The van der Waals surface area contributed by atoms with Gasteiger partial charge in [-0.2, -0.15) is 0 Å². The number of carbonyl (C=O) groups is 4. The summed E-state index contributed by atoms with van der Waals surface area (Å²) >= 11 is 0. The summed E-state index contributed by atoms with van der Waals surface area (Å²) in [4.78, 5) is 58.4. The Morgan fingerprint density at radius 1 is 0.900 bits per heavy atom. The molecule has 4 aliphatic heterocycles. The molecule has 2 aromatic carbocycles. The van der Waals surface area contributed by atoms with Gasteiger partial charge in [0.2, 0.25) is 6.29 Å². The van der Waals surface area contributed by atoms with Gasteiger partial charge < -0.3 is 53.6 Å². The molecule has 1 saturated carbocycles. The quantitative estimate of drug-likeness (QED) is 0.0431. The van der Waals surface area contributed by atoms with Gasteiger partial charge in [0.1, 0.15) is 52.8 Å². The normalized spacial score (nSPS) is 31.0. The highest BCUT2D eigenvalue weighted by Crippen LogP contribution is 2.69. The lowest BCUT2D eigenvalue weighted by Gasteiger charge is -2.56. The molecule has 5 unspecified atom stereocenters. The number of Topliss-reactive ketones (excluding diaryl/α,β-unsaturated/α-hetero) is 2. The highest BCUT2D eigenvalue weighted by molar-refractivity contribution is 6.19. The highest BCUT2D eigenvalue weighted by atomic mass is 16.7. The van der Waals surface area contributed by atoms with Gasteiger partial charge in [0.15, 0.2) is 28.5 Å². The van der Waals surface area contributed by atoms with Crippen molar-refractivity contribution in [1.29, 1.82) is 0 Å². The zero-order chi connectivity index (χ0) is 50.7. The first-order valence-electron chi connectivity index (χ1n) is 24.3. The summed E-state index contributed by atoms with van der Waals surface area (Å²) in [5, 5.41) is 40.7. The van der Waals surface area contributed by atoms with Crippen molar-refractivity contribution in [2.45, 2.75) is 160 Å². The molecule has 3 fully saturated rings. The van der Waals surface area contributed by atoms with Crippen LogP contribution in [0.15, 0.2) is 76.9 Å². The second-order valence-electron chi connectivity index (χ2n) is 20.7. The van der Waals surface area contributed by atoms with E-state index in [1.165, 1.54) is 24.3 Å². The van der Waals surface area contributed by atoms with Crippen LogP contribution in [-0.2, 0) is 30.2 Å². The fourth-order valence-electron chi connectivity index (χ4n) is 10.8. The van der Waals surface area contributed by atoms with E-state index in [0.29, 0.717) is 48.1 Å². The maximum atomic E-state index is 15.8. The topological polar surface area (TPSA) is 214 Å². The van der Waals surface area contributed by atoms with E-state index in [1.54, 1.807) is 19.1 Å². The molecule has 376 valence electrons. The first kappa shape index (κ1) is 51.0. The molecular weight excluding hydrogens is 901 g/mol. The van der Waals surface area contributed by atoms with E-state index in [2.05, 4.69) is 6.08 Å². The average Bonchev–Trinajstić information content (AvgIpc) is 3.47. The average molecular weight is 967 g/mol. The molecule has 10 atom stereocenters. The van der Waals surface area contributed by atoms with E-state index >= 15 is 4.79 Å². The molecule has 9 rings (SSSR count). The number of esters is 2. The number of fused-ring (bicyclic) bond motifs is 2. The monoisotopic (exact) mass is 966 g/mol. The predicted molar refractivity (Wildman–Crippen MR) is 257 cm³/mol. The summed E-state index contributed by atoms with van der Waals surface area (Å²) in [7, 11) is 0. The van der Waals surface area contributed by atoms with E-state index in [-0.39, 0.29) is 59.2 Å². The number of aliphatic hydroxyl groups is 4. The van der Waals surface area contributed by atoms with E-state index in [1.807, 2.05) is 73.6 Å². The SMILES string of the molecule is CCCCOC(=O)C(C)=CCC12OC(C)(C)C3CC(C=C4C(=O)c5c(OC(=O)c6ccc(O[C@@H]7O[C@H](CO)[C@@H](O)[C@H](O)[C@H]7O)cc6)c6c(c(CC=C(C)C)c5OC431)OC(C)(CCC=C(C)C)C=C6)C2=O. The summed E-state index contributed by atoms with van der Waals surface area (Å²) in [5.74, 6) is -2.82. The van der Waals surface area contributed by atoms with Gasteiger partial charge in [0.25, 0.3) is 0 Å². The lowest BCUT2D eigenvalue weighted by Crippen LogP contribution is -2.72. The minimum atomic E-state index is -1.73. The van der Waals surface area contributed by atoms with Gasteiger partial charge in [-0.05, 0) is 124 Å². The Balaban J connectivity index is 1.25. The van der Waals surface area contributed by atoms with Crippen LogP contribution in [0.1, 0.15) is 133 Å². The fourth-order valence-corrected chi connectivity index (χ4v) is 10.8. The van der Waals surface area contributed by atoms with Crippen molar-refractivity contribution >= 4 is 29.6 Å². The van der Waals surface area contributed by atoms with Crippen molar-refractivity contribution < 1.29 is 72.8 Å². The van der Waals surface area contributed by atoms with Gasteiger partial charge >= 0.3 is 11.9 Å². The Kier molecular flexibility index (Phi) is 14.0. The zero-order valence-corrected chi connectivity index (χ0v) is 41.5. The van der Waals surface area contributed by atoms with E-state index < -0.39 is 89.3 Å². The lowest BCUT2D eigenvalue weighted by atomic mass is 9.51. The Morgan fingerprint density at radius 3 is 2.29 bits per heavy atom. The standard InChI is InChI=1S/C55H66O15/c1-10-11-25-64-49(62)31(6)20-24-54-48(61)33-26-37-41(57)40-46(67-50(63)32-15-17-34(18-16-32)65-51-44(60)43(59)42(58)38(28-56)66-51)36-21-23-53(9,22-12-13-29(2)3)68-45(36)35(19-14-30(4)5)47(40)69-55(37,54)39(27-33)52(7,8)70-54/h13-18,20-21,23,26,33,38-39,42-44,51,56,58-60H,10-12,19,22,24-25,27-28H2,1-9H3/t33?,38-,39?,42-,43+,44-,51-,53?,54?,55?/m1/s1. The van der Waals surface area contributed by atoms with Crippen LogP contribution in [0.2, 0.25) is 0 Å². The summed E-state index contributed by atoms with van der Waals surface area (Å²) in [6, 6.07) is 5.66. The highest BCUT2D eigenvalue weighted by Gasteiger charge is 2.81. The van der Waals surface area contributed by atoms with Crippen molar-refractivity contribution in [3.05, 3.63) is 99.2 Å². The van der Waals surface area contributed by atoms with Crippen molar-refractivity contribution in [1.82, 2.24) is 0 Å². The molecule has 0 aromatic heterocycles. The van der Waals surface area contributed by atoms with Crippen LogP contribution in [-0.4, -0.2) is 110 Å². The number of rotatable bonds is 16. The summed E-state index contributed by atoms with van der Waals surface area (Å²) in [5.41, 5.74) is -1.63.